The molecule has 0 saturated carbocycles. The summed E-state index contributed by atoms with van der Waals surface area (Å²) < 4.78 is 5.26. The van der Waals surface area contributed by atoms with Crippen LogP contribution in [0.5, 0.6) is 0 Å². The predicted molar refractivity (Wildman–Crippen MR) is 99.4 cm³/mol. The molecule has 0 aliphatic carbocycles. The Labute approximate surface area is 149 Å². The number of rotatable bonds is 10. The van der Waals surface area contributed by atoms with E-state index >= 15 is 0 Å². The first-order chi connectivity index (χ1) is 12.3. The van der Waals surface area contributed by atoms with Crippen LogP contribution < -0.4 is 10.6 Å². The second kappa shape index (κ2) is 11.2. The predicted octanol–water partition coefficient (Wildman–Crippen LogP) is 2.81. The van der Waals surface area contributed by atoms with Crippen molar-refractivity contribution in [1.82, 2.24) is 25.8 Å². The zero-order valence-corrected chi connectivity index (χ0v) is 15.2. The molecule has 0 amide bonds. The van der Waals surface area contributed by atoms with Crippen LogP contribution in [-0.2, 0) is 6.42 Å². The van der Waals surface area contributed by atoms with Crippen molar-refractivity contribution >= 4 is 5.96 Å². The molecule has 0 fully saturated rings. The van der Waals surface area contributed by atoms with Gasteiger partial charge in [-0.25, -0.2) is 0 Å². The van der Waals surface area contributed by atoms with Crippen LogP contribution in [0, 0.1) is 0 Å². The van der Waals surface area contributed by atoms with Crippen molar-refractivity contribution in [3.05, 3.63) is 30.2 Å². The highest BCUT2D eigenvalue weighted by atomic mass is 16.5. The summed E-state index contributed by atoms with van der Waals surface area (Å²) in [6, 6.07) is 5.60. The van der Waals surface area contributed by atoms with Gasteiger partial charge in [0.2, 0.25) is 0 Å². The summed E-state index contributed by atoms with van der Waals surface area (Å²) in [5, 5.41) is 10.6. The standard InChI is InChI=1S/C18H28N6O/c1-3-5-6-8-13-21-18(19-4-2)22-14-11-16-23-17(25-24-16)15-10-7-9-12-20-15/h7,9-10,12H,3-6,8,11,13-14H2,1-2H3,(H2,19,21,22). The molecule has 0 bridgehead atoms. The second-order valence-corrected chi connectivity index (χ2v) is 5.73. The van der Waals surface area contributed by atoms with Crippen LogP contribution in [0.15, 0.2) is 33.9 Å². The lowest BCUT2D eigenvalue weighted by atomic mass is 10.2. The molecule has 7 nitrogen and oxygen atoms in total. The van der Waals surface area contributed by atoms with Gasteiger partial charge in [0.15, 0.2) is 11.8 Å². The van der Waals surface area contributed by atoms with E-state index in [1.165, 1.54) is 19.3 Å². The molecule has 0 aliphatic heterocycles. The second-order valence-electron chi connectivity index (χ2n) is 5.73. The van der Waals surface area contributed by atoms with Crippen LogP contribution in [0.25, 0.3) is 11.6 Å². The fraction of sp³-hybridized carbons (Fsp3) is 0.556. The Morgan fingerprint density at radius 1 is 1.16 bits per heavy atom. The molecule has 2 aromatic heterocycles. The van der Waals surface area contributed by atoms with E-state index in [0.717, 1.165) is 25.5 Å². The maximum Gasteiger partial charge on any atom is 0.276 e. The number of nitrogens with one attached hydrogen (secondary N) is 2. The van der Waals surface area contributed by atoms with Crippen molar-refractivity contribution in [3.8, 4) is 11.6 Å². The molecule has 136 valence electrons. The summed E-state index contributed by atoms with van der Waals surface area (Å²) in [5.74, 6) is 1.95. The van der Waals surface area contributed by atoms with Crippen LogP contribution >= 0.6 is 0 Å². The molecule has 7 heteroatoms. The van der Waals surface area contributed by atoms with Crippen LogP contribution in [0.2, 0.25) is 0 Å². The molecular formula is C18H28N6O. The molecule has 0 atom stereocenters. The van der Waals surface area contributed by atoms with Crippen LogP contribution in [0.1, 0.15) is 45.4 Å². The van der Waals surface area contributed by atoms with E-state index in [1.807, 2.05) is 18.2 Å². The number of aliphatic imine (C=N–C) groups is 1. The average molecular weight is 344 g/mol. The maximum atomic E-state index is 5.26. The molecule has 0 spiro atoms. The lowest BCUT2D eigenvalue weighted by Crippen LogP contribution is -2.38. The Hall–Kier alpha value is -2.44. The summed E-state index contributed by atoms with van der Waals surface area (Å²) in [7, 11) is 0. The van der Waals surface area contributed by atoms with E-state index in [1.54, 1.807) is 6.20 Å². The number of unbranched alkanes of at least 4 members (excludes halogenated alkanes) is 3. The van der Waals surface area contributed by atoms with Gasteiger partial charge in [-0.2, -0.15) is 4.98 Å². The van der Waals surface area contributed by atoms with Crippen LogP contribution in [0.4, 0.5) is 0 Å². The van der Waals surface area contributed by atoms with E-state index in [4.69, 9.17) is 4.52 Å². The summed E-state index contributed by atoms with van der Waals surface area (Å²) in [5.41, 5.74) is 0.691. The monoisotopic (exact) mass is 344 g/mol. The van der Waals surface area contributed by atoms with Crippen molar-refractivity contribution in [3.63, 3.8) is 0 Å². The smallest absolute Gasteiger partial charge is 0.276 e. The van der Waals surface area contributed by atoms with Crippen molar-refractivity contribution in [2.75, 3.05) is 19.6 Å². The zero-order chi connectivity index (χ0) is 17.7. The Morgan fingerprint density at radius 2 is 2.08 bits per heavy atom. The molecule has 2 N–H and O–H groups in total. The minimum Gasteiger partial charge on any atom is -0.357 e. The molecule has 2 rings (SSSR count). The van der Waals surface area contributed by atoms with Crippen molar-refractivity contribution in [2.24, 2.45) is 4.99 Å². The molecule has 0 saturated heterocycles. The van der Waals surface area contributed by atoms with E-state index in [0.29, 0.717) is 30.4 Å². The molecular weight excluding hydrogens is 316 g/mol. The van der Waals surface area contributed by atoms with Crippen LogP contribution in [0.3, 0.4) is 0 Å². The average Bonchev–Trinajstić information content (AvgIpc) is 3.11. The minimum atomic E-state index is 0.451. The van der Waals surface area contributed by atoms with Crippen molar-refractivity contribution in [2.45, 2.75) is 46.0 Å². The van der Waals surface area contributed by atoms with Crippen LogP contribution in [-0.4, -0.2) is 40.7 Å². The van der Waals surface area contributed by atoms with Gasteiger partial charge in [-0.05, 0) is 25.5 Å². The fourth-order valence-corrected chi connectivity index (χ4v) is 2.31. The SMILES string of the molecule is CCCCCCN=C(NCC)NCCc1noc(-c2ccccn2)n1. The quantitative estimate of drug-likeness (QED) is 0.391. The van der Waals surface area contributed by atoms with Gasteiger partial charge < -0.3 is 15.2 Å². The lowest BCUT2D eigenvalue weighted by molar-refractivity contribution is 0.421. The number of aromatic nitrogens is 3. The molecule has 2 aromatic rings. The topological polar surface area (TPSA) is 88.2 Å². The van der Waals surface area contributed by atoms with E-state index in [2.05, 4.69) is 44.6 Å². The van der Waals surface area contributed by atoms with E-state index < -0.39 is 0 Å². The van der Waals surface area contributed by atoms with Gasteiger partial charge in [-0.3, -0.25) is 9.98 Å². The van der Waals surface area contributed by atoms with Gasteiger partial charge in [-0.1, -0.05) is 37.4 Å². The summed E-state index contributed by atoms with van der Waals surface area (Å²) in [6.07, 6.45) is 7.25. The molecule has 2 heterocycles. The Kier molecular flexibility index (Phi) is 8.44. The summed E-state index contributed by atoms with van der Waals surface area (Å²) in [6.45, 7) is 6.66. The Bertz CT molecular complexity index is 626. The largest absolute Gasteiger partial charge is 0.357 e. The van der Waals surface area contributed by atoms with E-state index in [-0.39, 0.29) is 0 Å². The lowest BCUT2D eigenvalue weighted by Gasteiger charge is -2.10. The number of nitrogens with zero attached hydrogens (tertiary/aromatic N) is 4. The Balaban J connectivity index is 1.77. The number of hydrogen-bond acceptors (Lipinski definition) is 5. The van der Waals surface area contributed by atoms with Gasteiger partial charge in [0.25, 0.3) is 5.89 Å². The first-order valence-corrected chi connectivity index (χ1v) is 9.09. The number of guanidine groups is 1. The highest BCUT2D eigenvalue weighted by Gasteiger charge is 2.09. The summed E-state index contributed by atoms with van der Waals surface area (Å²) >= 11 is 0. The highest BCUT2D eigenvalue weighted by molar-refractivity contribution is 5.79. The highest BCUT2D eigenvalue weighted by Crippen LogP contribution is 2.13. The van der Waals surface area contributed by atoms with E-state index in [9.17, 15) is 0 Å². The molecule has 0 aliphatic rings. The van der Waals surface area contributed by atoms with Crippen molar-refractivity contribution < 1.29 is 4.52 Å². The first kappa shape index (κ1) is 18.9. The number of pyridine rings is 1. The fourth-order valence-electron chi connectivity index (χ4n) is 2.31. The number of hydrogen-bond donors (Lipinski definition) is 2. The third-order valence-electron chi connectivity index (χ3n) is 3.62. The van der Waals surface area contributed by atoms with Crippen molar-refractivity contribution in [1.29, 1.82) is 0 Å². The van der Waals surface area contributed by atoms with Gasteiger partial charge in [0.05, 0.1) is 0 Å². The molecule has 0 radical (unpaired) electrons. The maximum absolute atomic E-state index is 5.26. The molecule has 0 aromatic carbocycles. The van der Waals surface area contributed by atoms with Gasteiger partial charge >= 0.3 is 0 Å². The minimum absolute atomic E-state index is 0.451. The normalized spacial score (nSPS) is 11.5. The van der Waals surface area contributed by atoms with Gasteiger partial charge in [0.1, 0.15) is 5.69 Å². The molecule has 25 heavy (non-hydrogen) atoms. The van der Waals surface area contributed by atoms with Gasteiger partial charge in [0, 0.05) is 32.3 Å². The van der Waals surface area contributed by atoms with Gasteiger partial charge in [-0.15, -0.1) is 0 Å². The third kappa shape index (κ3) is 6.91. The first-order valence-electron chi connectivity index (χ1n) is 9.09. The Morgan fingerprint density at radius 3 is 2.84 bits per heavy atom. The third-order valence-corrected chi connectivity index (χ3v) is 3.62. The molecule has 0 unspecified atom stereocenters. The zero-order valence-electron chi connectivity index (χ0n) is 15.2. The summed E-state index contributed by atoms with van der Waals surface area (Å²) in [4.78, 5) is 13.2.